The number of ketones is 1. The summed E-state index contributed by atoms with van der Waals surface area (Å²) in [6.45, 7) is 13.3. The number of carbonyl (C=O) groups excluding carboxylic acids is 2. The van der Waals surface area contributed by atoms with Gasteiger partial charge < -0.3 is 4.74 Å². The molecule has 2 unspecified atom stereocenters. The third kappa shape index (κ3) is 3.92. The van der Waals surface area contributed by atoms with Crippen molar-refractivity contribution in [2.24, 2.45) is 17.3 Å². The van der Waals surface area contributed by atoms with Crippen LogP contribution in [-0.4, -0.2) is 17.4 Å². The lowest BCUT2D eigenvalue weighted by molar-refractivity contribution is -0.160. The van der Waals surface area contributed by atoms with Crippen molar-refractivity contribution in [2.75, 3.05) is 0 Å². The molecule has 0 amide bonds. The standard InChI is InChI=1S/C16H26O3/c1-10(2)8-12-13(16(12,6)7)14(18)19-15(4,5)9-11(3)17/h8,12-13H,9H2,1-7H3. The Morgan fingerprint density at radius 1 is 1.21 bits per heavy atom. The summed E-state index contributed by atoms with van der Waals surface area (Å²) in [7, 11) is 0. The van der Waals surface area contributed by atoms with E-state index in [1.807, 2.05) is 13.8 Å². The topological polar surface area (TPSA) is 43.4 Å². The highest BCUT2D eigenvalue weighted by molar-refractivity contribution is 5.80. The molecule has 0 saturated heterocycles. The van der Waals surface area contributed by atoms with E-state index in [4.69, 9.17) is 4.74 Å². The first kappa shape index (κ1) is 15.9. The van der Waals surface area contributed by atoms with Gasteiger partial charge in [0.2, 0.25) is 0 Å². The quantitative estimate of drug-likeness (QED) is 0.565. The monoisotopic (exact) mass is 266 g/mol. The van der Waals surface area contributed by atoms with E-state index in [1.165, 1.54) is 12.5 Å². The molecular formula is C16H26O3. The van der Waals surface area contributed by atoms with Crippen LogP contribution in [0.15, 0.2) is 11.6 Å². The number of hydrogen-bond donors (Lipinski definition) is 0. The van der Waals surface area contributed by atoms with Gasteiger partial charge in [0.05, 0.1) is 5.92 Å². The highest BCUT2D eigenvalue weighted by Crippen LogP contribution is 2.60. The zero-order valence-corrected chi connectivity index (χ0v) is 13.2. The second-order valence-electron chi connectivity index (χ2n) is 7.13. The van der Waals surface area contributed by atoms with Crippen molar-refractivity contribution in [3.63, 3.8) is 0 Å². The Morgan fingerprint density at radius 3 is 2.16 bits per heavy atom. The van der Waals surface area contributed by atoms with Crippen molar-refractivity contribution in [2.45, 2.75) is 60.5 Å². The molecule has 0 aromatic rings. The Balaban J connectivity index is 2.70. The normalized spacial score (nSPS) is 24.6. The van der Waals surface area contributed by atoms with Crippen molar-refractivity contribution in [1.82, 2.24) is 0 Å². The van der Waals surface area contributed by atoms with Gasteiger partial charge in [-0.25, -0.2) is 0 Å². The summed E-state index contributed by atoms with van der Waals surface area (Å²) < 4.78 is 5.53. The largest absolute Gasteiger partial charge is 0.459 e. The maximum Gasteiger partial charge on any atom is 0.310 e. The zero-order chi connectivity index (χ0) is 15.0. The minimum Gasteiger partial charge on any atom is -0.459 e. The summed E-state index contributed by atoms with van der Waals surface area (Å²) >= 11 is 0. The minimum absolute atomic E-state index is 0.0358. The molecular weight excluding hydrogens is 240 g/mol. The van der Waals surface area contributed by atoms with E-state index >= 15 is 0 Å². The Hall–Kier alpha value is -1.12. The Labute approximate surface area is 116 Å². The first-order valence-electron chi connectivity index (χ1n) is 6.84. The molecule has 19 heavy (non-hydrogen) atoms. The zero-order valence-electron chi connectivity index (χ0n) is 13.2. The summed E-state index contributed by atoms with van der Waals surface area (Å²) in [4.78, 5) is 23.4. The average Bonchev–Trinajstić information content (AvgIpc) is 2.62. The number of carbonyl (C=O) groups is 2. The third-order valence-electron chi connectivity index (χ3n) is 3.73. The van der Waals surface area contributed by atoms with Gasteiger partial charge in [-0.05, 0) is 46.0 Å². The smallest absolute Gasteiger partial charge is 0.310 e. The van der Waals surface area contributed by atoms with Crippen LogP contribution in [0.5, 0.6) is 0 Å². The number of esters is 1. The fraction of sp³-hybridized carbons (Fsp3) is 0.750. The lowest BCUT2D eigenvalue weighted by Crippen LogP contribution is -2.31. The highest BCUT2D eigenvalue weighted by atomic mass is 16.6. The molecule has 0 aromatic heterocycles. The third-order valence-corrected chi connectivity index (χ3v) is 3.73. The molecule has 108 valence electrons. The van der Waals surface area contributed by atoms with Gasteiger partial charge in [-0.3, -0.25) is 9.59 Å². The molecule has 0 radical (unpaired) electrons. The molecule has 0 aliphatic heterocycles. The average molecular weight is 266 g/mol. The molecule has 1 fully saturated rings. The maximum absolute atomic E-state index is 12.2. The fourth-order valence-corrected chi connectivity index (χ4v) is 2.77. The van der Waals surface area contributed by atoms with Crippen molar-refractivity contribution in [3.8, 4) is 0 Å². The molecule has 3 heteroatoms. The van der Waals surface area contributed by atoms with Gasteiger partial charge >= 0.3 is 5.97 Å². The van der Waals surface area contributed by atoms with Crippen LogP contribution in [0.2, 0.25) is 0 Å². The second-order valence-corrected chi connectivity index (χ2v) is 7.13. The van der Waals surface area contributed by atoms with E-state index in [0.717, 1.165) is 0 Å². The van der Waals surface area contributed by atoms with Gasteiger partial charge in [0.1, 0.15) is 11.4 Å². The number of hydrogen-bond acceptors (Lipinski definition) is 3. The van der Waals surface area contributed by atoms with Crippen LogP contribution in [0, 0.1) is 17.3 Å². The van der Waals surface area contributed by atoms with Crippen molar-refractivity contribution in [1.29, 1.82) is 0 Å². The lowest BCUT2D eigenvalue weighted by Gasteiger charge is -2.24. The van der Waals surface area contributed by atoms with Crippen LogP contribution >= 0.6 is 0 Å². The van der Waals surface area contributed by atoms with E-state index in [0.29, 0.717) is 0 Å². The van der Waals surface area contributed by atoms with Gasteiger partial charge in [0, 0.05) is 6.42 Å². The van der Waals surface area contributed by atoms with Gasteiger partial charge in [-0.15, -0.1) is 0 Å². The summed E-state index contributed by atoms with van der Waals surface area (Å²) in [5.74, 6) is 0.0132. The van der Waals surface area contributed by atoms with Gasteiger partial charge in [0.15, 0.2) is 0 Å². The second kappa shape index (κ2) is 5.10. The molecule has 1 saturated carbocycles. The van der Waals surface area contributed by atoms with E-state index < -0.39 is 5.60 Å². The maximum atomic E-state index is 12.2. The van der Waals surface area contributed by atoms with Crippen LogP contribution in [0.4, 0.5) is 0 Å². The van der Waals surface area contributed by atoms with Crippen LogP contribution in [0.25, 0.3) is 0 Å². The summed E-state index contributed by atoms with van der Waals surface area (Å²) in [6.07, 6.45) is 2.41. The molecule has 0 bridgehead atoms. The molecule has 1 aliphatic rings. The number of ether oxygens (including phenoxy) is 1. The number of rotatable bonds is 5. The first-order chi connectivity index (χ1) is 8.47. The SMILES string of the molecule is CC(=O)CC(C)(C)OC(=O)C1C(C=C(C)C)C1(C)C. The molecule has 0 heterocycles. The van der Waals surface area contributed by atoms with Gasteiger partial charge in [-0.2, -0.15) is 0 Å². The van der Waals surface area contributed by atoms with E-state index in [9.17, 15) is 9.59 Å². The Kier molecular flexibility index (Phi) is 4.28. The summed E-state index contributed by atoms with van der Waals surface area (Å²) in [6, 6.07) is 0. The Bertz CT molecular complexity index is 412. The van der Waals surface area contributed by atoms with E-state index in [2.05, 4.69) is 19.9 Å². The molecule has 1 aliphatic carbocycles. The predicted octanol–water partition coefficient (Wildman–Crippen LogP) is 3.53. The summed E-state index contributed by atoms with van der Waals surface area (Å²) in [5.41, 5.74) is 0.467. The fourth-order valence-electron chi connectivity index (χ4n) is 2.77. The molecule has 0 N–H and O–H groups in total. The minimum atomic E-state index is -0.711. The number of allylic oxidation sites excluding steroid dienone is 2. The van der Waals surface area contributed by atoms with Crippen LogP contribution in [0.1, 0.15) is 54.9 Å². The molecule has 3 nitrogen and oxygen atoms in total. The van der Waals surface area contributed by atoms with Crippen LogP contribution in [0.3, 0.4) is 0 Å². The lowest BCUT2D eigenvalue weighted by atomic mass is 10.0. The molecule has 0 aromatic carbocycles. The first-order valence-corrected chi connectivity index (χ1v) is 6.84. The van der Waals surface area contributed by atoms with E-state index in [1.54, 1.807) is 13.8 Å². The molecule has 2 atom stereocenters. The summed E-state index contributed by atoms with van der Waals surface area (Å²) in [5, 5.41) is 0. The molecule has 1 rings (SSSR count). The Morgan fingerprint density at radius 2 is 1.74 bits per heavy atom. The van der Waals surface area contributed by atoms with Crippen molar-refractivity contribution >= 4 is 11.8 Å². The number of Topliss-reactive ketones (excluding diaryl/α,β-unsaturated/α-hetero) is 1. The van der Waals surface area contributed by atoms with Crippen molar-refractivity contribution in [3.05, 3.63) is 11.6 Å². The predicted molar refractivity (Wildman–Crippen MR) is 75.7 cm³/mol. The van der Waals surface area contributed by atoms with Crippen LogP contribution < -0.4 is 0 Å². The van der Waals surface area contributed by atoms with Crippen LogP contribution in [-0.2, 0) is 14.3 Å². The van der Waals surface area contributed by atoms with Gasteiger partial charge in [-0.1, -0.05) is 25.5 Å². The molecule has 0 spiro atoms. The van der Waals surface area contributed by atoms with Crippen molar-refractivity contribution < 1.29 is 14.3 Å². The highest BCUT2D eigenvalue weighted by Gasteiger charge is 2.61. The van der Waals surface area contributed by atoms with Gasteiger partial charge in [0.25, 0.3) is 0 Å². The van der Waals surface area contributed by atoms with E-state index in [-0.39, 0.29) is 35.4 Å².